The number of allylic oxidation sites excluding steroid dienone is 1. The third-order valence-corrected chi connectivity index (χ3v) is 2.77. The highest BCUT2D eigenvalue weighted by Crippen LogP contribution is 2.39. The van der Waals surface area contributed by atoms with Crippen LogP contribution in [0.1, 0.15) is 35.6 Å². The highest BCUT2D eigenvalue weighted by atomic mass is 19.4. The molecule has 0 fully saturated rings. The number of halogens is 6. The number of hydrogen-bond acceptors (Lipinski definition) is 1. The Morgan fingerprint density at radius 2 is 1.70 bits per heavy atom. The summed E-state index contributed by atoms with van der Waals surface area (Å²) in [6, 6.07) is 0.507. The van der Waals surface area contributed by atoms with Crippen molar-refractivity contribution in [1.29, 1.82) is 0 Å². The zero-order valence-corrected chi connectivity index (χ0v) is 10.4. The summed E-state index contributed by atoms with van der Waals surface area (Å²) in [6.45, 7) is 3.42. The second-order valence-corrected chi connectivity index (χ2v) is 4.27. The maximum Gasteiger partial charge on any atom is 0.416 e. The van der Waals surface area contributed by atoms with E-state index in [0.29, 0.717) is 12.5 Å². The fourth-order valence-corrected chi connectivity index (χ4v) is 1.75. The van der Waals surface area contributed by atoms with Crippen molar-refractivity contribution in [3.05, 3.63) is 47.5 Å². The van der Waals surface area contributed by atoms with Gasteiger partial charge >= 0.3 is 12.4 Å². The molecule has 0 radical (unpaired) electrons. The maximum atomic E-state index is 12.9. The van der Waals surface area contributed by atoms with Gasteiger partial charge in [0, 0.05) is 6.04 Å². The van der Waals surface area contributed by atoms with Crippen LogP contribution in [0.5, 0.6) is 0 Å². The third kappa shape index (κ3) is 4.00. The molecule has 0 bridgehead atoms. The normalized spacial score (nSPS) is 14.2. The van der Waals surface area contributed by atoms with Crippen LogP contribution < -0.4 is 5.73 Å². The van der Waals surface area contributed by atoms with Crippen molar-refractivity contribution in [1.82, 2.24) is 0 Å². The average molecular weight is 297 g/mol. The largest absolute Gasteiger partial charge is 0.416 e. The predicted octanol–water partition coefficient (Wildman–Crippen LogP) is 4.69. The lowest BCUT2D eigenvalue weighted by molar-refractivity contribution is -0.143. The smallest absolute Gasteiger partial charge is 0.324 e. The molecule has 7 heteroatoms. The molecule has 0 aromatic heterocycles. The summed E-state index contributed by atoms with van der Waals surface area (Å²) in [4.78, 5) is 0. The van der Waals surface area contributed by atoms with Crippen LogP contribution in [0.2, 0.25) is 0 Å². The first-order valence-electron chi connectivity index (χ1n) is 5.72. The monoisotopic (exact) mass is 297 g/mol. The van der Waals surface area contributed by atoms with Gasteiger partial charge in [0.2, 0.25) is 0 Å². The van der Waals surface area contributed by atoms with Crippen LogP contribution in [0.15, 0.2) is 30.9 Å². The van der Waals surface area contributed by atoms with E-state index in [9.17, 15) is 26.3 Å². The Balaban J connectivity index is 3.28. The van der Waals surface area contributed by atoms with Gasteiger partial charge in [0.25, 0.3) is 0 Å². The first-order valence-corrected chi connectivity index (χ1v) is 5.72. The van der Waals surface area contributed by atoms with Gasteiger partial charge < -0.3 is 5.73 Å². The minimum absolute atomic E-state index is 0.100. The lowest BCUT2D eigenvalue weighted by Gasteiger charge is -2.19. The molecule has 2 N–H and O–H groups in total. The van der Waals surface area contributed by atoms with E-state index in [2.05, 4.69) is 6.58 Å². The Morgan fingerprint density at radius 1 is 1.10 bits per heavy atom. The summed E-state index contributed by atoms with van der Waals surface area (Å²) >= 11 is 0. The van der Waals surface area contributed by atoms with Gasteiger partial charge in [-0.2, -0.15) is 26.3 Å². The molecule has 0 aliphatic heterocycles. The molecule has 1 rings (SSSR count). The molecule has 1 aromatic carbocycles. The van der Waals surface area contributed by atoms with E-state index >= 15 is 0 Å². The lowest BCUT2D eigenvalue weighted by Crippen LogP contribution is -2.19. The van der Waals surface area contributed by atoms with Gasteiger partial charge in [-0.15, -0.1) is 6.58 Å². The van der Waals surface area contributed by atoms with E-state index < -0.39 is 29.5 Å². The van der Waals surface area contributed by atoms with Crippen molar-refractivity contribution in [2.24, 2.45) is 5.73 Å². The Hall–Kier alpha value is -1.50. The Labute approximate surface area is 112 Å². The third-order valence-electron chi connectivity index (χ3n) is 2.77. The predicted molar refractivity (Wildman–Crippen MR) is 62.8 cm³/mol. The van der Waals surface area contributed by atoms with Gasteiger partial charge in [-0.1, -0.05) is 12.1 Å². The van der Waals surface area contributed by atoms with Gasteiger partial charge in [0.05, 0.1) is 11.1 Å². The summed E-state index contributed by atoms with van der Waals surface area (Å²) in [5, 5.41) is 0. The standard InChI is InChI=1S/C13H13F6N/c1-2-3-4-11(20)9-6-5-8(12(14,15)16)7-10(9)13(17,18)19/h2,5-7,11H,1,3-4,20H2/t11-/m1/s1. The van der Waals surface area contributed by atoms with Gasteiger partial charge in [0.15, 0.2) is 0 Å². The first-order chi connectivity index (χ1) is 9.07. The molecule has 20 heavy (non-hydrogen) atoms. The van der Waals surface area contributed by atoms with Crippen molar-refractivity contribution in [3.8, 4) is 0 Å². The van der Waals surface area contributed by atoms with Crippen LogP contribution in [0, 0.1) is 0 Å². The van der Waals surface area contributed by atoms with Gasteiger partial charge in [0.1, 0.15) is 0 Å². The van der Waals surface area contributed by atoms with E-state index in [1.165, 1.54) is 6.08 Å². The summed E-state index contributed by atoms with van der Waals surface area (Å²) in [5.41, 5.74) is 2.58. The minimum atomic E-state index is -4.89. The summed E-state index contributed by atoms with van der Waals surface area (Å²) in [6.07, 6.45) is -7.68. The van der Waals surface area contributed by atoms with Crippen LogP contribution in [-0.2, 0) is 12.4 Å². The van der Waals surface area contributed by atoms with Crippen molar-refractivity contribution < 1.29 is 26.3 Å². The summed E-state index contributed by atoms with van der Waals surface area (Å²) in [7, 11) is 0. The van der Waals surface area contributed by atoms with Crippen LogP contribution in [0.25, 0.3) is 0 Å². The van der Waals surface area contributed by atoms with Crippen LogP contribution >= 0.6 is 0 Å². The van der Waals surface area contributed by atoms with Crippen LogP contribution in [-0.4, -0.2) is 0 Å². The number of alkyl halides is 6. The van der Waals surface area contributed by atoms with Gasteiger partial charge in [-0.05, 0) is 30.5 Å². The average Bonchev–Trinajstić information content (AvgIpc) is 2.33. The molecule has 0 amide bonds. The Kier molecular flexibility index (Phi) is 4.86. The maximum absolute atomic E-state index is 12.9. The molecule has 1 aromatic rings. The summed E-state index contributed by atoms with van der Waals surface area (Å²) < 4.78 is 76.0. The molecule has 0 aliphatic rings. The topological polar surface area (TPSA) is 26.0 Å². The van der Waals surface area contributed by atoms with Crippen LogP contribution in [0.4, 0.5) is 26.3 Å². The molecule has 0 spiro atoms. The lowest BCUT2D eigenvalue weighted by atomic mass is 9.95. The molecule has 1 atom stereocenters. The minimum Gasteiger partial charge on any atom is -0.324 e. The van der Waals surface area contributed by atoms with Crippen molar-refractivity contribution >= 4 is 0 Å². The second kappa shape index (κ2) is 5.87. The number of benzene rings is 1. The van der Waals surface area contributed by atoms with E-state index in [4.69, 9.17) is 5.73 Å². The fraction of sp³-hybridized carbons (Fsp3) is 0.385. The molecule has 112 valence electrons. The van der Waals surface area contributed by atoms with Crippen molar-refractivity contribution in [2.45, 2.75) is 31.2 Å². The van der Waals surface area contributed by atoms with E-state index in [0.717, 1.165) is 6.07 Å². The molecule has 0 heterocycles. The molecule has 0 saturated heterocycles. The van der Waals surface area contributed by atoms with Gasteiger partial charge in [-0.3, -0.25) is 0 Å². The number of hydrogen-bond donors (Lipinski definition) is 1. The zero-order valence-electron chi connectivity index (χ0n) is 10.4. The Bertz CT molecular complexity index is 475. The van der Waals surface area contributed by atoms with Crippen LogP contribution in [0.3, 0.4) is 0 Å². The first kappa shape index (κ1) is 16.6. The molecule has 0 saturated carbocycles. The molecular formula is C13H13F6N. The van der Waals surface area contributed by atoms with Crippen molar-refractivity contribution in [3.63, 3.8) is 0 Å². The molecule has 0 aliphatic carbocycles. The quantitative estimate of drug-likeness (QED) is 0.633. The highest BCUT2D eigenvalue weighted by molar-refractivity contribution is 5.37. The summed E-state index contributed by atoms with van der Waals surface area (Å²) in [5.74, 6) is 0. The van der Waals surface area contributed by atoms with E-state index in [-0.39, 0.29) is 18.1 Å². The van der Waals surface area contributed by atoms with E-state index in [1.54, 1.807) is 0 Å². The number of nitrogens with two attached hydrogens (primary N) is 1. The molecule has 0 unspecified atom stereocenters. The zero-order chi connectivity index (χ0) is 15.6. The second-order valence-electron chi connectivity index (χ2n) is 4.27. The highest BCUT2D eigenvalue weighted by Gasteiger charge is 2.38. The number of rotatable bonds is 4. The molecular weight excluding hydrogens is 284 g/mol. The SMILES string of the molecule is C=CCC[C@@H](N)c1ccc(C(F)(F)F)cc1C(F)(F)F. The fourth-order valence-electron chi connectivity index (χ4n) is 1.75. The van der Waals surface area contributed by atoms with E-state index in [1.807, 2.05) is 0 Å². The Morgan fingerprint density at radius 3 is 2.15 bits per heavy atom. The van der Waals surface area contributed by atoms with Crippen molar-refractivity contribution in [2.75, 3.05) is 0 Å². The molecule has 1 nitrogen and oxygen atoms in total. The van der Waals surface area contributed by atoms with Gasteiger partial charge in [-0.25, -0.2) is 0 Å².